The first-order valence-corrected chi connectivity index (χ1v) is 6.54. The lowest BCUT2D eigenvalue weighted by Crippen LogP contribution is -2.27. The summed E-state index contributed by atoms with van der Waals surface area (Å²) in [5.41, 5.74) is 0. The third-order valence-electron chi connectivity index (χ3n) is 2.28. The lowest BCUT2D eigenvalue weighted by molar-refractivity contribution is 0.459. The van der Waals surface area contributed by atoms with Gasteiger partial charge < -0.3 is 0 Å². The van der Waals surface area contributed by atoms with Gasteiger partial charge in [0.25, 0.3) is 0 Å². The van der Waals surface area contributed by atoms with Gasteiger partial charge in [0.2, 0.25) is 10.0 Å². The average molecular weight is 227 g/mol. The summed E-state index contributed by atoms with van der Waals surface area (Å²) < 4.78 is 25.3. The maximum Gasteiger partial charge on any atom is 0.242 e. The minimum Gasteiger partial charge on any atom is -0.207 e. The van der Waals surface area contributed by atoms with Crippen LogP contribution in [0.4, 0.5) is 0 Å². The molecule has 0 aliphatic heterocycles. The highest BCUT2D eigenvalue weighted by Gasteiger charge is 2.18. The van der Waals surface area contributed by atoms with Gasteiger partial charge in [-0.3, -0.25) is 0 Å². The Morgan fingerprint density at radius 2 is 1.80 bits per heavy atom. The molecule has 0 radical (unpaired) electrons. The standard InChI is InChI=1S/C11H17NO2S/c1-3-4-10-12(2)15(13,14)11-8-6-5-7-9-11/h5-9H,3-4,10H2,1-2H3. The summed E-state index contributed by atoms with van der Waals surface area (Å²) in [6.45, 7) is 2.62. The lowest BCUT2D eigenvalue weighted by atomic mass is 10.3. The van der Waals surface area contributed by atoms with E-state index in [1.807, 2.05) is 13.0 Å². The number of benzene rings is 1. The van der Waals surface area contributed by atoms with Crippen molar-refractivity contribution in [3.05, 3.63) is 30.3 Å². The molecule has 0 aromatic heterocycles. The SMILES string of the molecule is CCCCN(C)S(=O)(=O)c1ccccc1. The van der Waals surface area contributed by atoms with Crippen LogP contribution in [0, 0.1) is 0 Å². The maximum atomic E-state index is 12.0. The van der Waals surface area contributed by atoms with Crippen molar-refractivity contribution in [3.8, 4) is 0 Å². The van der Waals surface area contributed by atoms with Gasteiger partial charge in [-0.05, 0) is 18.6 Å². The molecule has 0 aliphatic rings. The Labute approximate surface area is 91.8 Å². The second-order valence-corrected chi connectivity index (χ2v) is 5.54. The molecule has 0 N–H and O–H groups in total. The van der Waals surface area contributed by atoms with E-state index in [1.165, 1.54) is 4.31 Å². The normalized spacial score (nSPS) is 11.9. The van der Waals surface area contributed by atoms with Gasteiger partial charge in [0.05, 0.1) is 4.90 Å². The summed E-state index contributed by atoms with van der Waals surface area (Å²) in [5, 5.41) is 0. The summed E-state index contributed by atoms with van der Waals surface area (Å²) in [5.74, 6) is 0. The van der Waals surface area contributed by atoms with Crippen molar-refractivity contribution >= 4 is 10.0 Å². The van der Waals surface area contributed by atoms with Crippen molar-refractivity contribution in [2.45, 2.75) is 24.7 Å². The van der Waals surface area contributed by atoms with Crippen LogP contribution in [-0.2, 0) is 10.0 Å². The van der Waals surface area contributed by atoms with Crippen molar-refractivity contribution in [1.82, 2.24) is 4.31 Å². The van der Waals surface area contributed by atoms with E-state index in [1.54, 1.807) is 31.3 Å². The quantitative estimate of drug-likeness (QED) is 0.772. The predicted octanol–water partition coefficient (Wildman–Crippen LogP) is 2.11. The molecule has 0 saturated carbocycles. The molecule has 1 rings (SSSR count). The van der Waals surface area contributed by atoms with Crippen molar-refractivity contribution in [1.29, 1.82) is 0 Å². The van der Waals surface area contributed by atoms with Gasteiger partial charge in [0, 0.05) is 13.6 Å². The van der Waals surface area contributed by atoms with E-state index in [0.29, 0.717) is 11.4 Å². The topological polar surface area (TPSA) is 37.4 Å². The van der Waals surface area contributed by atoms with Crippen LogP contribution in [0.25, 0.3) is 0 Å². The second-order valence-electron chi connectivity index (χ2n) is 3.49. The number of hydrogen-bond donors (Lipinski definition) is 0. The summed E-state index contributed by atoms with van der Waals surface area (Å²) in [7, 11) is -1.65. The highest BCUT2D eigenvalue weighted by molar-refractivity contribution is 7.89. The van der Waals surface area contributed by atoms with Crippen molar-refractivity contribution < 1.29 is 8.42 Å². The fraction of sp³-hybridized carbons (Fsp3) is 0.455. The van der Waals surface area contributed by atoms with Crippen LogP contribution in [0.2, 0.25) is 0 Å². The van der Waals surface area contributed by atoms with Gasteiger partial charge >= 0.3 is 0 Å². The number of hydrogen-bond acceptors (Lipinski definition) is 2. The molecule has 0 spiro atoms. The van der Waals surface area contributed by atoms with E-state index in [9.17, 15) is 8.42 Å². The molecule has 3 nitrogen and oxygen atoms in total. The van der Waals surface area contributed by atoms with Crippen LogP contribution in [0.5, 0.6) is 0 Å². The zero-order valence-corrected chi connectivity index (χ0v) is 10.00. The van der Waals surface area contributed by atoms with E-state index in [0.717, 1.165) is 12.8 Å². The predicted molar refractivity (Wildman–Crippen MR) is 61.2 cm³/mol. The highest BCUT2D eigenvalue weighted by Crippen LogP contribution is 2.13. The first-order chi connectivity index (χ1) is 7.09. The Bertz CT molecular complexity index is 386. The molecule has 0 bridgehead atoms. The number of unbranched alkanes of at least 4 members (excludes halogenated alkanes) is 1. The molecule has 0 atom stereocenters. The zero-order chi connectivity index (χ0) is 11.3. The molecule has 0 aliphatic carbocycles. The van der Waals surface area contributed by atoms with Crippen molar-refractivity contribution in [3.63, 3.8) is 0 Å². The lowest BCUT2D eigenvalue weighted by Gasteiger charge is -2.16. The molecule has 1 aromatic rings. The highest BCUT2D eigenvalue weighted by atomic mass is 32.2. The monoisotopic (exact) mass is 227 g/mol. The van der Waals surface area contributed by atoms with E-state index < -0.39 is 10.0 Å². The Hall–Kier alpha value is -0.870. The summed E-state index contributed by atoms with van der Waals surface area (Å²) in [6.07, 6.45) is 1.89. The Kier molecular flexibility index (Phi) is 4.29. The molecule has 0 heterocycles. The second kappa shape index (κ2) is 5.28. The molecular formula is C11H17NO2S. The first kappa shape index (κ1) is 12.2. The fourth-order valence-electron chi connectivity index (χ4n) is 1.27. The van der Waals surface area contributed by atoms with Crippen LogP contribution in [0.3, 0.4) is 0 Å². The Balaban J connectivity index is 2.84. The smallest absolute Gasteiger partial charge is 0.207 e. The summed E-state index contributed by atoms with van der Waals surface area (Å²) >= 11 is 0. The van der Waals surface area contributed by atoms with Crippen LogP contribution < -0.4 is 0 Å². The van der Waals surface area contributed by atoms with E-state index in [-0.39, 0.29) is 0 Å². The molecule has 15 heavy (non-hydrogen) atoms. The van der Waals surface area contributed by atoms with Gasteiger partial charge in [-0.15, -0.1) is 0 Å². The third-order valence-corrected chi connectivity index (χ3v) is 4.15. The molecule has 4 heteroatoms. The Morgan fingerprint density at radius 1 is 1.20 bits per heavy atom. The van der Waals surface area contributed by atoms with E-state index >= 15 is 0 Å². The summed E-state index contributed by atoms with van der Waals surface area (Å²) in [4.78, 5) is 0.364. The van der Waals surface area contributed by atoms with Gasteiger partial charge in [0.15, 0.2) is 0 Å². The molecule has 1 aromatic carbocycles. The van der Waals surface area contributed by atoms with Crippen LogP contribution in [0.15, 0.2) is 35.2 Å². The largest absolute Gasteiger partial charge is 0.242 e. The number of nitrogens with zero attached hydrogens (tertiary/aromatic N) is 1. The molecule has 0 saturated heterocycles. The third kappa shape index (κ3) is 3.04. The minimum absolute atomic E-state index is 0.364. The number of rotatable bonds is 5. The van der Waals surface area contributed by atoms with E-state index in [2.05, 4.69) is 0 Å². The van der Waals surface area contributed by atoms with Crippen LogP contribution in [0.1, 0.15) is 19.8 Å². The van der Waals surface area contributed by atoms with Crippen LogP contribution >= 0.6 is 0 Å². The van der Waals surface area contributed by atoms with Gasteiger partial charge in [-0.1, -0.05) is 31.5 Å². The molecule has 0 amide bonds. The maximum absolute atomic E-state index is 12.0. The molecule has 0 unspecified atom stereocenters. The zero-order valence-electron chi connectivity index (χ0n) is 9.18. The van der Waals surface area contributed by atoms with E-state index in [4.69, 9.17) is 0 Å². The Morgan fingerprint density at radius 3 is 2.33 bits per heavy atom. The van der Waals surface area contributed by atoms with Gasteiger partial charge in [-0.25, -0.2) is 12.7 Å². The van der Waals surface area contributed by atoms with Crippen molar-refractivity contribution in [2.75, 3.05) is 13.6 Å². The average Bonchev–Trinajstić information content (AvgIpc) is 2.27. The van der Waals surface area contributed by atoms with Crippen LogP contribution in [-0.4, -0.2) is 26.3 Å². The molecule has 0 fully saturated rings. The molecular weight excluding hydrogens is 210 g/mol. The van der Waals surface area contributed by atoms with Gasteiger partial charge in [-0.2, -0.15) is 0 Å². The number of sulfonamides is 1. The molecule has 84 valence electrons. The van der Waals surface area contributed by atoms with Gasteiger partial charge in [0.1, 0.15) is 0 Å². The minimum atomic E-state index is -3.28. The van der Waals surface area contributed by atoms with Crippen molar-refractivity contribution in [2.24, 2.45) is 0 Å². The first-order valence-electron chi connectivity index (χ1n) is 5.10. The fourth-order valence-corrected chi connectivity index (χ4v) is 2.50. The summed E-state index contributed by atoms with van der Waals surface area (Å²) in [6, 6.07) is 8.53.